The molecule has 1 heterocycles. The Morgan fingerprint density at radius 1 is 1.09 bits per heavy atom. The Hall–Kier alpha value is -2.21. The summed E-state index contributed by atoms with van der Waals surface area (Å²) in [4.78, 5) is 15.4. The highest BCUT2D eigenvalue weighted by atomic mass is 32.2. The molecule has 5 nitrogen and oxygen atoms in total. The van der Waals surface area contributed by atoms with E-state index in [1.807, 2.05) is 0 Å². The number of aromatic nitrogens is 1. The van der Waals surface area contributed by atoms with Crippen LogP contribution < -0.4 is 4.74 Å². The first-order valence-electron chi connectivity index (χ1n) is 6.79. The van der Waals surface area contributed by atoms with Crippen LogP contribution in [0, 0.1) is 0 Å². The molecule has 22 heavy (non-hydrogen) atoms. The van der Waals surface area contributed by atoms with Gasteiger partial charge in [-0.15, -0.1) is 0 Å². The van der Waals surface area contributed by atoms with Gasteiger partial charge in [0.25, 0.3) is 0 Å². The largest absolute Gasteiger partial charge is 0.439 e. The molecule has 0 aliphatic rings. The molecule has 1 aromatic heterocycles. The number of pyridine rings is 1. The lowest BCUT2D eigenvalue weighted by Gasteiger charge is -2.09. The van der Waals surface area contributed by atoms with Crippen LogP contribution in [0.2, 0.25) is 0 Å². The number of ether oxygens (including phenoxy) is 1. The number of hydrogen-bond acceptors (Lipinski definition) is 5. The second kappa shape index (κ2) is 6.27. The summed E-state index contributed by atoms with van der Waals surface area (Å²) >= 11 is 0. The molecule has 116 valence electrons. The van der Waals surface area contributed by atoms with Crippen LogP contribution in [0.3, 0.4) is 0 Å². The summed E-state index contributed by atoms with van der Waals surface area (Å²) in [5.74, 6) is 0.795. The number of carbonyl (C=O) groups is 1. The fourth-order valence-corrected chi connectivity index (χ4v) is 2.75. The quantitative estimate of drug-likeness (QED) is 0.791. The van der Waals surface area contributed by atoms with Crippen LogP contribution in [0.4, 0.5) is 0 Å². The number of benzene rings is 1. The fourth-order valence-electron chi connectivity index (χ4n) is 1.75. The highest BCUT2D eigenvalue weighted by Gasteiger charge is 2.19. The minimum absolute atomic E-state index is 0.0204. The molecule has 0 saturated heterocycles. The monoisotopic (exact) mass is 319 g/mol. The summed E-state index contributed by atoms with van der Waals surface area (Å²) < 4.78 is 29.5. The fraction of sp³-hybridized carbons (Fsp3) is 0.250. The van der Waals surface area contributed by atoms with Crippen molar-refractivity contribution in [3.8, 4) is 11.6 Å². The molecule has 0 fully saturated rings. The van der Waals surface area contributed by atoms with Crippen LogP contribution in [0.1, 0.15) is 31.1 Å². The van der Waals surface area contributed by atoms with Crippen molar-refractivity contribution < 1.29 is 17.9 Å². The van der Waals surface area contributed by atoms with Gasteiger partial charge in [-0.1, -0.05) is 0 Å². The second-order valence-electron chi connectivity index (χ2n) is 5.11. The van der Waals surface area contributed by atoms with Gasteiger partial charge >= 0.3 is 0 Å². The predicted molar refractivity (Wildman–Crippen MR) is 83.1 cm³/mol. The average molecular weight is 319 g/mol. The molecular weight excluding hydrogens is 302 g/mol. The van der Waals surface area contributed by atoms with Crippen LogP contribution in [0.25, 0.3) is 0 Å². The Labute approximate surface area is 129 Å². The summed E-state index contributed by atoms with van der Waals surface area (Å²) in [6.07, 6.45) is 1.29. The Bertz CT molecular complexity index is 763. The summed E-state index contributed by atoms with van der Waals surface area (Å²) in [6.45, 7) is 4.73. The number of carbonyl (C=O) groups excluding carboxylic acids is 1. The molecule has 0 bridgehead atoms. The summed E-state index contributed by atoms with van der Waals surface area (Å²) in [5, 5.41) is -0.500. The average Bonchev–Trinajstić information content (AvgIpc) is 2.48. The number of ketones is 1. The molecule has 6 heteroatoms. The molecule has 0 aliphatic carbocycles. The smallest absolute Gasteiger partial charge is 0.219 e. The van der Waals surface area contributed by atoms with Crippen molar-refractivity contribution in [2.24, 2.45) is 0 Å². The SMILES string of the molecule is CC(=O)c1ccc(Oc2ccc(S(=O)(=O)C(C)C)cn2)cc1. The molecule has 0 spiro atoms. The Kier molecular flexibility index (Phi) is 4.61. The van der Waals surface area contributed by atoms with Gasteiger partial charge in [0.2, 0.25) is 5.88 Å². The lowest BCUT2D eigenvalue weighted by atomic mass is 10.1. The zero-order chi connectivity index (χ0) is 16.3. The van der Waals surface area contributed by atoms with Gasteiger partial charge in [0, 0.05) is 17.8 Å². The molecule has 0 radical (unpaired) electrons. The van der Waals surface area contributed by atoms with E-state index >= 15 is 0 Å². The molecule has 0 unspecified atom stereocenters. The van der Waals surface area contributed by atoms with Crippen LogP contribution in [0.5, 0.6) is 11.6 Å². The van der Waals surface area contributed by atoms with E-state index in [9.17, 15) is 13.2 Å². The maximum atomic E-state index is 12.0. The summed E-state index contributed by atoms with van der Waals surface area (Å²) in [6, 6.07) is 9.63. The van der Waals surface area contributed by atoms with E-state index in [2.05, 4.69) is 4.98 Å². The molecule has 0 amide bonds. The van der Waals surface area contributed by atoms with E-state index in [4.69, 9.17) is 4.74 Å². The minimum atomic E-state index is -3.34. The van der Waals surface area contributed by atoms with Crippen molar-refractivity contribution in [2.45, 2.75) is 30.9 Å². The van der Waals surface area contributed by atoms with E-state index in [0.29, 0.717) is 17.2 Å². The lowest BCUT2D eigenvalue weighted by Crippen LogP contribution is -2.14. The van der Waals surface area contributed by atoms with Gasteiger partial charge in [-0.3, -0.25) is 4.79 Å². The second-order valence-corrected chi connectivity index (χ2v) is 7.61. The van der Waals surface area contributed by atoms with Crippen molar-refractivity contribution in [2.75, 3.05) is 0 Å². The molecule has 0 saturated carbocycles. The standard InChI is InChI=1S/C16H17NO4S/c1-11(2)22(19,20)15-8-9-16(17-10-15)21-14-6-4-13(5-7-14)12(3)18/h4-11H,1-3H3. The van der Waals surface area contributed by atoms with Crippen LogP contribution >= 0.6 is 0 Å². The normalized spacial score (nSPS) is 11.5. The summed E-state index contributed by atoms with van der Waals surface area (Å²) in [5.41, 5.74) is 0.596. The topological polar surface area (TPSA) is 73.3 Å². The molecule has 0 aliphatic heterocycles. The number of Topliss-reactive ketones (excluding diaryl/α,β-unsaturated/α-hetero) is 1. The van der Waals surface area contributed by atoms with Crippen LogP contribution in [-0.4, -0.2) is 24.4 Å². The number of hydrogen-bond donors (Lipinski definition) is 0. The molecule has 1 aromatic carbocycles. The maximum Gasteiger partial charge on any atom is 0.219 e. The van der Waals surface area contributed by atoms with Gasteiger partial charge < -0.3 is 4.74 Å². The van der Waals surface area contributed by atoms with Gasteiger partial charge in [-0.2, -0.15) is 0 Å². The van der Waals surface area contributed by atoms with E-state index in [-0.39, 0.29) is 10.7 Å². The zero-order valence-corrected chi connectivity index (χ0v) is 13.4. The van der Waals surface area contributed by atoms with Gasteiger partial charge in [-0.05, 0) is 51.1 Å². The Balaban J connectivity index is 2.16. The first kappa shape index (κ1) is 16.2. The van der Waals surface area contributed by atoms with E-state index in [0.717, 1.165) is 0 Å². The lowest BCUT2D eigenvalue weighted by molar-refractivity contribution is 0.101. The number of nitrogens with zero attached hydrogens (tertiary/aromatic N) is 1. The predicted octanol–water partition coefficient (Wildman–Crippen LogP) is 3.26. The molecule has 2 rings (SSSR count). The van der Waals surface area contributed by atoms with Gasteiger partial charge in [0.05, 0.1) is 10.1 Å². The first-order valence-corrected chi connectivity index (χ1v) is 8.34. The zero-order valence-electron chi connectivity index (χ0n) is 12.6. The Morgan fingerprint density at radius 3 is 2.18 bits per heavy atom. The highest BCUT2D eigenvalue weighted by molar-refractivity contribution is 7.92. The third-order valence-corrected chi connectivity index (χ3v) is 5.28. The summed E-state index contributed by atoms with van der Waals surface area (Å²) in [7, 11) is -3.34. The minimum Gasteiger partial charge on any atom is -0.439 e. The van der Waals surface area contributed by atoms with Gasteiger partial charge in [-0.25, -0.2) is 13.4 Å². The van der Waals surface area contributed by atoms with E-state index in [1.54, 1.807) is 38.1 Å². The van der Waals surface area contributed by atoms with Crippen molar-refractivity contribution in [3.05, 3.63) is 48.2 Å². The molecule has 0 atom stereocenters. The molecule has 0 N–H and O–H groups in total. The molecular formula is C16H17NO4S. The van der Waals surface area contributed by atoms with Gasteiger partial charge in [0.15, 0.2) is 15.6 Å². The van der Waals surface area contributed by atoms with E-state index in [1.165, 1.54) is 25.3 Å². The van der Waals surface area contributed by atoms with Gasteiger partial charge in [0.1, 0.15) is 5.75 Å². The molecule has 2 aromatic rings. The van der Waals surface area contributed by atoms with Crippen molar-refractivity contribution in [1.82, 2.24) is 4.98 Å². The Morgan fingerprint density at radius 2 is 1.73 bits per heavy atom. The van der Waals surface area contributed by atoms with Crippen molar-refractivity contribution in [3.63, 3.8) is 0 Å². The van der Waals surface area contributed by atoms with Crippen molar-refractivity contribution >= 4 is 15.6 Å². The van der Waals surface area contributed by atoms with Crippen LogP contribution in [0.15, 0.2) is 47.5 Å². The van der Waals surface area contributed by atoms with Crippen LogP contribution in [-0.2, 0) is 9.84 Å². The van der Waals surface area contributed by atoms with E-state index < -0.39 is 15.1 Å². The number of sulfone groups is 1. The third kappa shape index (κ3) is 3.51. The van der Waals surface area contributed by atoms with Crippen molar-refractivity contribution in [1.29, 1.82) is 0 Å². The maximum absolute atomic E-state index is 12.0. The highest BCUT2D eigenvalue weighted by Crippen LogP contribution is 2.22. The number of rotatable bonds is 5. The third-order valence-electron chi connectivity index (χ3n) is 3.14. The first-order chi connectivity index (χ1) is 10.3.